The minimum atomic E-state index is -0.290. The summed E-state index contributed by atoms with van der Waals surface area (Å²) in [5, 5.41) is 0. The van der Waals surface area contributed by atoms with Crippen molar-refractivity contribution in [2.45, 2.75) is 19.4 Å². The zero-order valence-corrected chi connectivity index (χ0v) is 10.0. The fraction of sp³-hybridized carbons (Fsp3) is 0.400. The Kier molecular flexibility index (Phi) is 3.55. The van der Waals surface area contributed by atoms with E-state index in [1.165, 1.54) is 0 Å². The molecule has 0 bridgehead atoms. The fourth-order valence-electron chi connectivity index (χ4n) is 0.867. The average molecular weight is 291 g/mol. The van der Waals surface area contributed by atoms with Crippen LogP contribution in [0.2, 0.25) is 0 Å². The number of nitrogens with two attached hydrogens (primary N) is 1. The van der Waals surface area contributed by atoms with Crippen molar-refractivity contribution in [3.05, 3.63) is 27.8 Å². The molecule has 3 heteroatoms. The van der Waals surface area contributed by atoms with E-state index in [1.54, 1.807) is 0 Å². The minimum absolute atomic E-state index is 0.290. The van der Waals surface area contributed by atoms with Crippen molar-refractivity contribution >= 4 is 22.6 Å². The third-order valence-electron chi connectivity index (χ3n) is 1.71. The van der Waals surface area contributed by atoms with Crippen LogP contribution in [0.25, 0.3) is 0 Å². The second-order valence-electron chi connectivity index (χ2n) is 3.50. The van der Waals surface area contributed by atoms with Gasteiger partial charge in [0.1, 0.15) is 11.4 Å². The first kappa shape index (κ1) is 10.8. The molecule has 0 unspecified atom stereocenters. The Bertz CT molecular complexity index is 286. The molecule has 0 spiro atoms. The maximum absolute atomic E-state index is 5.75. The van der Waals surface area contributed by atoms with Crippen LogP contribution >= 0.6 is 22.6 Å². The van der Waals surface area contributed by atoms with Gasteiger partial charge in [-0.05, 0) is 48.6 Å². The zero-order valence-electron chi connectivity index (χ0n) is 7.88. The maximum atomic E-state index is 5.75. The minimum Gasteiger partial charge on any atom is -0.485 e. The van der Waals surface area contributed by atoms with Crippen LogP contribution in [-0.4, -0.2) is 12.1 Å². The quantitative estimate of drug-likeness (QED) is 0.868. The Hall–Kier alpha value is -0.290. The normalized spacial score (nSPS) is 11.4. The predicted octanol–water partition coefficient (Wildman–Crippen LogP) is 2.41. The van der Waals surface area contributed by atoms with Crippen molar-refractivity contribution in [2.24, 2.45) is 5.73 Å². The third kappa shape index (κ3) is 3.15. The fourth-order valence-corrected chi connectivity index (χ4v) is 1.36. The first-order valence-electron chi connectivity index (χ1n) is 4.19. The molecular weight excluding hydrogens is 277 g/mol. The van der Waals surface area contributed by atoms with Crippen LogP contribution in [0, 0.1) is 3.57 Å². The molecule has 0 aliphatic carbocycles. The molecule has 0 aliphatic rings. The molecule has 0 aliphatic heterocycles. The van der Waals surface area contributed by atoms with Crippen LogP contribution in [-0.2, 0) is 0 Å². The van der Waals surface area contributed by atoms with Crippen molar-refractivity contribution in [3.63, 3.8) is 0 Å². The largest absolute Gasteiger partial charge is 0.485 e. The highest BCUT2D eigenvalue weighted by Crippen LogP contribution is 2.23. The summed E-state index contributed by atoms with van der Waals surface area (Å²) in [6, 6.07) is 7.93. The molecule has 72 valence electrons. The number of rotatable bonds is 3. The highest BCUT2D eigenvalue weighted by atomic mass is 127. The van der Waals surface area contributed by atoms with Crippen molar-refractivity contribution in [1.29, 1.82) is 0 Å². The Balaban J connectivity index is 2.80. The molecule has 1 aromatic rings. The number of halogens is 1. The lowest BCUT2D eigenvalue weighted by atomic mass is 10.1. The maximum Gasteiger partial charge on any atom is 0.133 e. The van der Waals surface area contributed by atoms with Gasteiger partial charge in [-0.15, -0.1) is 0 Å². The number of para-hydroxylation sites is 1. The van der Waals surface area contributed by atoms with E-state index in [9.17, 15) is 0 Å². The Morgan fingerprint density at radius 1 is 1.38 bits per heavy atom. The molecular formula is C10H14INO. The van der Waals surface area contributed by atoms with Crippen molar-refractivity contribution in [1.82, 2.24) is 0 Å². The van der Waals surface area contributed by atoms with Gasteiger partial charge in [0.15, 0.2) is 0 Å². The summed E-state index contributed by atoms with van der Waals surface area (Å²) in [4.78, 5) is 0. The van der Waals surface area contributed by atoms with E-state index < -0.39 is 0 Å². The highest BCUT2D eigenvalue weighted by molar-refractivity contribution is 14.1. The van der Waals surface area contributed by atoms with Crippen molar-refractivity contribution in [3.8, 4) is 5.75 Å². The van der Waals surface area contributed by atoms with Crippen LogP contribution < -0.4 is 10.5 Å². The first-order chi connectivity index (χ1) is 6.05. The monoisotopic (exact) mass is 291 g/mol. The van der Waals surface area contributed by atoms with E-state index in [1.807, 2.05) is 38.1 Å². The summed E-state index contributed by atoms with van der Waals surface area (Å²) < 4.78 is 6.86. The number of hydrogen-bond donors (Lipinski definition) is 1. The van der Waals surface area contributed by atoms with E-state index in [-0.39, 0.29) is 5.60 Å². The van der Waals surface area contributed by atoms with Crippen LogP contribution in [0.5, 0.6) is 5.75 Å². The smallest absolute Gasteiger partial charge is 0.133 e. The molecule has 0 heterocycles. The molecule has 0 atom stereocenters. The van der Waals surface area contributed by atoms with Crippen LogP contribution in [0.4, 0.5) is 0 Å². The summed E-state index contributed by atoms with van der Waals surface area (Å²) in [7, 11) is 0. The third-order valence-corrected chi connectivity index (χ3v) is 2.61. The molecule has 0 saturated heterocycles. The van der Waals surface area contributed by atoms with Gasteiger partial charge in [0.2, 0.25) is 0 Å². The van der Waals surface area contributed by atoms with E-state index in [2.05, 4.69) is 22.6 Å². The van der Waals surface area contributed by atoms with Crippen LogP contribution in [0.3, 0.4) is 0 Å². The topological polar surface area (TPSA) is 35.2 Å². The molecule has 0 saturated carbocycles. The summed E-state index contributed by atoms with van der Waals surface area (Å²) in [5.41, 5.74) is 5.29. The van der Waals surface area contributed by atoms with E-state index in [4.69, 9.17) is 10.5 Å². The lowest BCUT2D eigenvalue weighted by Crippen LogP contribution is -2.37. The molecule has 13 heavy (non-hydrogen) atoms. The van der Waals surface area contributed by atoms with Gasteiger partial charge >= 0.3 is 0 Å². The molecule has 1 aromatic carbocycles. The van der Waals surface area contributed by atoms with Gasteiger partial charge in [0, 0.05) is 6.54 Å². The van der Waals surface area contributed by atoms with Crippen LogP contribution in [0.15, 0.2) is 24.3 Å². The van der Waals surface area contributed by atoms with Crippen LogP contribution in [0.1, 0.15) is 13.8 Å². The molecule has 1 rings (SSSR count). The van der Waals surface area contributed by atoms with Gasteiger partial charge in [-0.2, -0.15) is 0 Å². The van der Waals surface area contributed by atoms with E-state index in [0.29, 0.717) is 6.54 Å². The second kappa shape index (κ2) is 4.28. The standard InChI is InChI=1S/C10H14INO/c1-10(2,7-12)13-9-6-4-3-5-8(9)11/h3-6H,7,12H2,1-2H3. The van der Waals surface area contributed by atoms with E-state index >= 15 is 0 Å². The molecule has 2 nitrogen and oxygen atoms in total. The van der Waals surface area contributed by atoms with Crippen molar-refractivity contribution < 1.29 is 4.74 Å². The van der Waals surface area contributed by atoms with Gasteiger partial charge < -0.3 is 10.5 Å². The SMILES string of the molecule is CC(C)(CN)Oc1ccccc1I. The first-order valence-corrected chi connectivity index (χ1v) is 5.27. The summed E-state index contributed by atoms with van der Waals surface area (Å²) in [6.45, 7) is 4.48. The zero-order chi connectivity index (χ0) is 9.90. The van der Waals surface area contributed by atoms with E-state index in [0.717, 1.165) is 9.32 Å². The molecule has 0 amide bonds. The van der Waals surface area contributed by atoms with Gasteiger partial charge in [-0.25, -0.2) is 0 Å². The Morgan fingerprint density at radius 3 is 2.54 bits per heavy atom. The number of benzene rings is 1. The Labute approximate surface area is 92.6 Å². The number of ether oxygens (including phenoxy) is 1. The summed E-state index contributed by atoms with van der Waals surface area (Å²) in [5.74, 6) is 0.901. The Morgan fingerprint density at radius 2 is 2.00 bits per heavy atom. The second-order valence-corrected chi connectivity index (χ2v) is 4.66. The van der Waals surface area contributed by atoms with Gasteiger partial charge in [0.25, 0.3) is 0 Å². The van der Waals surface area contributed by atoms with Gasteiger partial charge in [-0.3, -0.25) is 0 Å². The lowest BCUT2D eigenvalue weighted by Gasteiger charge is -2.25. The number of hydrogen-bond acceptors (Lipinski definition) is 2. The highest BCUT2D eigenvalue weighted by Gasteiger charge is 2.17. The molecule has 0 aromatic heterocycles. The molecule has 0 fully saturated rings. The molecule has 0 radical (unpaired) electrons. The van der Waals surface area contributed by atoms with Crippen molar-refractivity contribution in [2.75, 3.05) is 6.54 Å². The summed E-state index contributed by atoms with van der Waals surface area (Å²) in [6.07, 6.45) is 0. The molecule has 2 N–H and O–H groups in total. The predicted molar refractivity (Wildman–Crippen MR) is 62.9 cm³/mol. The van der Waals surface area contributed by atoms with Gasteiger partial charge in [0.05, 0.1) is 3.57 Å². The average Bonchev–Trinajstić information content (AvgIpc) is 2.09. The van der Waals surface area contributed by atoms with Gasteiger partial charge in [-0.1, -0.05) is 12.1 Å². The lowest BCUT2D eigenvalue weighted by molar-refractivity contribution is 0.117. The summed E-state index contributed by atoms with van der Waals surface area (Å²) >= 11 is 2.25.